The van der Waals surface area contributed by atoms with Gasteiger partial charge in [0.1, 0.15) is 5.78 Å². The topological polar surface area (TPSA) is 17.1 Å². The van der Waals surface area contributed by atoms with E-state index >= 15 is 0 Å². The van der Waals surface area contributed by atoms with E-state index in [1.165, 1.54) is 12.0 Å². The van der Waals surface area contributed by atoms with Gasteiger partial charge in [-0.05, 0) is 48.9 Å². The molecular weight excluding hydrogens is 220 g/mol. The fourth-order valence-corrected chi connectivity index (χ4v) is 5.77. The molecule has 0 aromatic heterocycles. The first-order valence-electron chi connectivity index (χ1n) is 7.44. The highest BCUT2D eigenvalue weighted by atomic mass is 16.1. The maximum Gasteiger partial charge on any atom is 0.137 e. The van der Waals surface area contributed by atoms with E-state index in [1.54, 1.807) is 5.57 Å². The minimum Gasteiger partial charge on any atom is -0.299 e. The van der Waals surface area contributed by atoms with E-state index in [4.69, 9.17) is 0 Å². The third-order valence-electron chi connectivity index (χ3n) is 6.89. The predicted molar refractivity (Wildman–Crippen MR) is 74.1 cm³/mol. The van der Waals surface area contributed by atoms with Crippen molar-refractivity contribution < 1.29 is 4.79 Å². The molecule has 2 bridgehead atoms. The molecule has 0 aliphatic heterocycles. The quantitative estimate of drug-likeness (QED) is 0.633. The van der Waals surface area contributed by atoms with Crippen LogP contribution in [0.2, 0.25) is 0 Å². The van der Waals surface area contributed by atoms with Gasteiger partial charge in [-0.15, -0.1) is 0 Å². The highest BCUT2D eigenvalue weighted by Gasteiger charge is 2.69. The van der Waals surface area contributed by atoms with Crippen LogP contribution in [-0.2, 0) is 4.79 Å². The number of hydrogen-bond donors (Lipinski definition) is 0. The molecule has 2 saturated carbocycles. The Morgan fingerprint density at radius 3 is 2.22 bits per heavy atom. The molecule has 0 unspecified atom stereocenters. The molecule has 0 spiro atoms. The number of hydrogen-bond acceptors (Lipinski definition) is 1. The highest BCUT2D eigenvalue weighted by molar-refractivity contribution is 5.87. The van der Waals surface area contributed by atoms with Gasteiger partial charge in [0.25, 0.3) is 0 Å². The number of allylic oxidation sites excluding steroid dienone is 2. The minimum atomic E-state index is 0.171. The first-order valence-corrected chi connectivity index (χ1v) is 7.44. The van der Waals surface area contributed by atoms with E-state index < -0.39 is 0 Å². The van der Waals surface area contributed by atoms with Gasteiger partial charge in [-0.1, -0.05) is 38.8 Å². The van der Waals surface area contributed by atoms with Crippen LogP contribution >= 0.6 is 0 Å². The largest absolute Gasteiger partial charge is 0.299 e. The molecule has 18 heavy (non-hydrogen) atoms. The summed E-state index contributed by atoms with van der Waals surface area (Å²) < 4.78 is 0. The molecule has 3 aliphatic carbocycles. The molecule has 0 amide bonds. The van der Waals surface area contributed by atoms with E-state index in [0.29, 0.717) is 34.9 Å². The summed E-state index contributed by atoms with van der Waals surface area (Å²) in [5, 5.41) is 0. The predicted octanol–water partition coefficient (Wildman–Crippen LogP) is 4.23. The zero-order chi connectivity index (χ0) is 13.5. The van der Waals surface area contributed by atoms with Gasteiger partial charge in [-0.3, -0.25) is 4.79 Å². The molecule has 5 atom stereocenters. The van der Waals surface area contributed by atoms with Crippen LogP contribution in [0.1, 0.15) is 54.4 Å². The SMILES string of the molecule is CC1=C(C)[C@@]2(C)C[C@]1(C)[C@@H]1[C@@H](C(C)C)CC(=O)[C@@H]12. The molecule has 1 heteroatoms. The van der Waals surface area contributed by atoms with Crippen LogP contribution in [0.4, 0.5) is 0 Å². The lowest BCUT2D eigenvalue weighted by atomic mass is 9.63. The Balaban J connectivity index is 2.16. The highest BCUT2D eigenvalue weighted by Crippen LogP contribution is 2.73. The molecule has 3 rings (SSSR count). The molecule has 0 heterocycles. The lowest BCUT2D eigenvalue weighted by molar-refractivity contribution is -0.123. The van der Waals surface area contributed by atoms with Crippen LogP contribution in [0.5, 0.6) is 0 Å². The molecule has 0 aromatic carbocycles. The third-order valence-corrected chi connectivity index (χ3v) is 6.89. The summed E-state index contributed by atoms with van der Waals surface area (Å²) in [6.07, 6.45) is 2.04. The van der Waals surface area contributed by atoms with Crippen LogP contribution in [0.15, 0.2) is 11.1 Å². The summed E-state index contributed by atoms with van der Waals surface area (Å²) >= 11 is 0. The normalized spacial score (nSPS) is 50.6. The van der Waals surface area contributed by atoms with Crippen molar-refractivity contribution in [2.75, 3.05) is 0 Å². The summed E-state index contributed by atoms with van der Waals surface area (Å²) in [4.78, 5) is 12.5. The Morgan fingerprint density at radius 1 is 1.11 bits per heavy atom. The molecule has 3 aliphatic rings. The van der Waals surface area contributed by atoms with Crippen LogP contribution in [-0.4, -0.2) is 5.78 Å². The Labute approximate surface area is 111 Å². The molecule has 1 nitrogen and oxygen atoms in total. The molecule has 0 aromatic rings. The van der Waals surface area contributed by atoms with E-state index in [-0.39, 0.29) is 5.41 Å². The third kappa shape index (κ3) is 1.12. The van der Waals surface area contributed by atoms with Crippen molar-refractivity contribution in [2.24, 2.45) is 34.5 Å². The van der Waals surface area contributed by atoms with Crippen molar-refractivity contribution in [3.05, 3.63) is 11.1 Å². The second-order valence-corrected chi connectivity index (χ2v) is 7.84. The summed E-state index contributed by atoms with van der Waals surface area (Å²) in [5.41, 5.74) is 3.57. The number of rotatable bonds is 1. The van der Waals surface area contributed by atoms with E-state index in [0.717, 1.165) is 6.42 Å². The number of carbonyl (C=O) groups is 1. The summed E-state index contributed by atoms with van der Waals surface area (Å²) in [7, 11) is 0. The Morgan fingerprint density at radius 2 is 1.67 bits per heavy atom. The number of carbonyl (C=O) groups excluding carboxylic acids is 1. The lowest BCUT2D eigenvalue weighted by Crippen LogP contribution is -2.36. The van der Waals surface area contributed by atoms with Crippen molar-refractivity contribution in [3.63, 3.8) is 0 Å². The van der Waals surface area contributed by atoms with Gasteiger partial charge in [0.05, 0.1) is 0 Å². The van der Waals surface area contributed by atoms with Crippen molar-refractivity contribution in [3.8, 4) is 0 Å². The average Bonchev–Trinajstić information content (AvgIpc) is 2.80. The first kappa shape index (κ1) is 12.4. The van der Waals surface area contributed by atoms with Crippen LogP contribution < -0.4 is 0 Å². The lowest BCUT2D eigenvalue weighted by Gasteiger charge is -2.40. The molecule has 0 N–H and O–H groups in total. The van der Waals surface area contributed by atoms with Gasteiger partial charge < -0.3 is 0 Å². The van der Waals surface area contributed by atoms with Crippen molar-refractivity contribution >= 4 is 5.78 Å². The van der Waals surface area contributed by atoms with E-state index in [1.807, 2.05) is 0 Å². The molecule has 0 radical (unpaired) electrons. The van der Waals surface area contributed by atoms with Crippen molar-refractivity contribution in [1.29, 1.82) is 0 Å². The Bertz CT molecular complexity index is 458. The molecular formula is C17H26O. The average molecular weight is 246 g/mol. The van der Waals surface area contributed by atoms with Gasteiger partial charge in [0.15, 0.2) is 0 Å². The van der Waals surface area contributed by atoms with Crippen molar-refractivity contribution in [2.45, 2.75) is 54.4 Å². The van der Waals surface area contributed by atoms with Gasteiger partial charge in [-0.25, -0.2) is 0 Å². The molecule has 2 fully saturated rings. The Kier molecular flexibility index (Phi) is 2.28. The first-order chi connectivity index (χ1) is 8.23. The van der Waals surface area contributed by atoms with Gasteiger partial charge >= 0.3 is 0 Å². The van der Waals surface area contributed by atoms with Crippen LogP contribution in [0, 0.1) is 34.5 Å². The minimum absolute atomic E-state index is 0.171. The van der Waals surface area contributed by atoms with Gasteiger partial charge in [0.2, 0.25) is 0 Å². The summed E-state index contributed by atoms with van der Waals surface area (Å²) in [6, 6.07) is 0. The summed E-state index contributed by atoms with van der Waals surface area (Å²) in [5.74, 6) is 2.73. The van der Waals surface area contributed by atoms with Crippen LogP contribution in [0.3, 0.4) is 0 Å². The summed E-state index contributed by atoms with van der Waals surface area (Å²) in [6.45, 7) is 14.0. The second kappa shape index (κ2) is 3.29. The second-order valence-electron chi connectivity index (χ2n) is 7.84. The van der Waals surface area contributed by atoms with Crippen LogP contribution in [0.25, 0.3) is 0 Å². The Hall–Kier alpha value is -0.590. The van der Waals surface area contributed by atoms with Gasteiger partial charge in [0, 0.05) is 12.3 Å². The van der Waals surface area contributed by atoms with Gasteiger partial charge in [-0.2, -0.15) is 0 Å². The fraction of sp³-hybridized carbons (Fsp3) is 0.824. The molecule has 0 saturated heterocycles. The zero-order valence-electron chi connectivity index (χ0n) is 12.6. The number of Topliss-reactive ketones (excluding diaryl/α,β-unsaturated/α-hetero) is 1. The smallest absolute Gasteiger partial charge is 0.137 e. The maximum absolute atomic E-state index is 12.5. The number of ketones is 1. The zero-order valence-corrected chi connectivity index (χ0v) is 12.6. The fourth-order valence-electron chi connectivity index (χ4n) is 5.77. The standard InChI is InChI=1S/C17H26O/c1-9(2)12-7-13(18)15-14(12)16(5)8-17(15,6)11(4)10(16)3/h9,12,14-15H,7-8H2,1-6H3/t12-,14-,15+,16+,17-/m1/s1. The van der Waals surface area contributed by atoms with Crippen molar-refractivity contribution in [1.82, 2.24) is 0 Å². The molecule has 100 valence electrons. The monoisotopic (exact) mass is 246 g/mol. The maximum atomic E-state index is 12.5. The number of fused-ring (bicyclic) bond motifs is 5. The van der Waals surface area contributed by atoms with E-state index in [2.05, 4.69) is 41.5 Å². The van der Waals surface area contributed by atoms with E-state index in [9.17, 15) is 4.79 Å².